The van der Waals surface area contributed by atoms with E-state index < -0.39 is 40.6 Å². The minimum absolute atomic E-state index is 0.125. The van der Waals surface area contributed by atoms with Gasteiger partial charge in [-0.05, 0) is 35.9 Å². The molecule has 2 aromatic carbocycles. The predicted octanol–water partition coefficient (Wildman–Crippen LogP) is 4.26. The number of ether oxygens (including phenoxy) is 1. The maximum atomic E-state index is 13.5. The molecule has 0 spiro atoms. The lowest BCUT2D eigenvalue weighted by Crippen LogP contribution is -2.32. The molecule has 6 nitrogen and oxygen atoms in total. The first kappa shape index (κ1) is 21.8. The molecule has 3 atom stereocenters. The normalized spacial score (nSPS) is 22.3. The third-order valence-corrected chi connectivity index (χ3v) is 8.13. The van der Waals surface area contributed by atoms with Gasteiger partial charge < -0.3 is 9.72 Å². The molecule has 0 radical (unpaired) electrons. The number of aromatic nitrogens is 1. The molecule has 11 heteroatoms. The van der Waals surface area contributed by atoms with Crippen LogP contribution in [0.3, 0.4) is 0 Å². The molecule has 2 aliphatic heterocycles. The first-order chi connectivity index (χ1) is 15.7. The second-order valence-corrected chi connectivity index (χ2v) is 9.75. The zero-order valence-corrected chi connectivity index (χ0v) is 18.5. The Morgan fingerprint density at radius 2 is 1.76 bits per heavy atom. The van der Waals surface area contributed by atoms with Crippen LogP contribution in [0.4, 0.5) is 18.9 Å². The van der Waals surface area contributed by atoms with Crippen LogP contribution in [0.25, 0.3) is 0 Å². The van der Waals surface area contributed by atoms with Gasteiger partial charge in [-0.15, -0.1) is 0 Å². The summed E-state index contributed by atoms with van der Waals surface area (Å²) in [5.74, 6) is -2.07. The first-order valence-corrected chi connectivity index (χ1v) is 11.5. The molecule has 1 N–H and O–H groups in total. The molecule has 1 aromatic heterocycles. The molecule has 170 valence electrons. The van der Waals surface area contributed by atoms with Crippen molar-refractivity contribution in [1.29, 1.82) is 0 Å². The van der Waals surface area contributed by atoms with Crippen LogP contribution >= 0.6 is 23.1 Å². The molecule has 3 heterocycles. The maximum Gasteiger partial charge on any atom is 0.416 e. The minimum atomic E-state index is -4.61. The van der Waals surface area contributed by atoms with Gasteiger partial charge >= 0.3 is 11.0 Å². The molecule has 2 unspecified atom stereocenters. The SMILES string of the molecule is COc1ccc([C@H]2c3sc(=O)[nH]c3SC3C(=O)N(c4cccc(C(F)(F)F)c4)C(=O)C32)cc1. The number of carbonyl (C=O) groups excluding carboxylic acids is 2. The number of hydrogen-bond acceptors (Lipinski definition) is 6. The molecular weight excluding hydrogens is 477 g/mol. The monoisotopic (exact) mass is 492 g/mol. The third-order valence-electron chi connectivity index (χ3n) is 5.73. The number of alkyl halides is 3. The van der Waals surface area contributed by atoms with Crippen molar-refractivity contribution in [2.24, 2.45) is 5.92 Å². The number of thiazole rings is 1. The van der Waals surface area contributed by atoms with Gasteiger partial charge in [0.2, 0.25) is 11.8 Å². The Bertz CT molecular complexity index is 1320. The van der Waals surface area contributed by atoms with Gasteiger partial charge in [0.1, 0.15) is 11.0 Å². The van der Waals surface area contributed by atoms with E-state index in [1.54, 1.807) is 24.3 Å². The minimum Gasteiger partial charge on any atom is -0.497 e. The number of thioether (sulfide) groups is 1. The van der Waals surface area contributed by atoms with E-state index in [0.29, 0.717) is 21.2 Å². The fourth-order valence-corrected chi connectivity index (χ4v) is 6.78. The number of imide groups is 1. The number of hydrogen-bond donors (Lipinski definition) is 1. The second-order valence-electron chi connectivity index (χ2n) is 7.58. The second kappa shape index (κ2) is 7.77. The van der Waals surface area contributed by atoms with Gasteiger partial charge in [0, 0.05) is 10.8 Å². The summed E-state index contributed by atoms with van der Waals surface area (Å²) >= 11 is 2.03. The van der Waals surface area contributed by atoms with Crippen molar-refractivity contribution in [1.82, 2.24) is 4.98 Å². The Kier molecular flexibility index (Phi) is 5.13. The van der Waals surface area contributed by atoms with Crippen LogP contribution in [0.2, 0.25) is 0 Å². The number of nitrogens with one attached hydrogen (secondary N) is 1. The van der Waals surface area contributed by atoms with Crippen LogP contribution in [0.5, 0.6) is 5.75 Å². The lowest BCUT2D eigenvalue weighted by atomic mass is 9.83. The molecule has 5 rings (SSSR count). The van der Waals surface area contributed by atoms with E-state index in [1.807, 2.05) is 0 Å². The summed E-state index contributed by atoms with van der Waals surface area (Å²) in [5, 5.41) is -0.379. The highest BCUT2D eigenvalue weighted by molar-refractivity contribution is 8.00. The summed E-state index contributed by atoms with van der Waals surface area (Å²) in [6.45, 7) is 0. The van der Waals surface area contributed by atoms with Crippen molar-refractivity contribution >= 4 is 40.6 Å². The number of benzene rings is 2. The molecule has 0 saturated carbocycles. The highest BCUT2D eigenvalue weighted by Crippen LogP contribution is 2.53. The Morgan fingerprint density at radius 3 is 2.42 bits per heavy atom. The van der Waals surface area contributed by atoms with Gasteiger partial charge in [0.25, 0.3) is 0 Å². The van der Waals surface area contributed by atoms with Gasteiger partial charge in [-0.2, -0.15) is 13.2 Å². The average Bonchev–Trinajstić information content (AvgIpc) is 3.28. The Balaban J connectivity index is 1.61. The summed E-state index contributed by atoms with van der Waals surface area (Å²) in [7, 11) is 1.52. The number of nitrogens with zero attached hydrogens (tertiary/aromatic N) is 1. The third kappa shape index (κ3) is 3.55. The van der Waals surface area contributed by atoms with E-state index in [4.69, 9.17) is 4.74 Å². The summed E-state index contributed by atoms with van der Waals surface area (Å²) in [4.78, 5) is 42.8. The number of amides is 2. The number of aromatic amines is 1. The summed E-state index contributed by atoms with van der Waals surface area (Å²) in [6, 6.07) is 11.1. The lowest BCUT2D eigenvalue weighted by molar-refractivity contribution is -0.137. The lowest BCUT2D eigenvalue weighted by Gasteiger charge is -2.29. The highest BCUT2D eigenvalue weighted by Gasteiger charge is 2.56. The van der Waals surface area contributed by atoms with E-state index in [0.717, 1.165) is 40.1 Å². The van der Waals surface area contributed by atoms with E-state index >= 15 is 0 Å². The van der Waals surface area contributed by atoms with Crippen LogP contribution in [0.15, 0.2) is 58.4 Å². The van der Waals surface area contributed by atoms with Gasteiger partial charge in [0.05, 0.1) is 29.3 Å². The van der Waals surface area contributed by atoms with Crippen molar-refractivity contribution < 1.29 is 27.5 Å². The van der Waals surface area contributed by atoms with Crippen molar-refractivity contribution in [2.75, 3.05) is 12.0 Å². The standard InChI is InChI=1S/C22H15F3N2O4S2/c1-31-13-7-5-10(6-8-13)14-15-17(32-18-16(14)33-21(30)26-18)20(29)27(19(15)28)12-4-2-3-11(9-12)22(23,24)25/h2-9,14-15,17H,1H3,(H,26,30)/t14-,15?,17?/m1/s1. The molecular formula is C22H15F3N2O4S2. The number of methoxy groups -OCH3 is 1. The van der Waals surface area contributed by atoms with E-state index in [2.05, 4.69) is 4.98 Å². The smallest absolute Gasteiger partial charge is 0.416 e. The fourth-order valence-electron chi connectivity index (χ4n) is 4.26. The number of fused-ring (bicyclic) bond motifs is 2. The summed E-state index contributed by atoms with van der Waals surface area (Å²) in [5.41, 5.74) is -0.368. The molecule has 1 saturated heterocycles. The Morgan fingerprint density at radius 1 is 1.03 bits per heavy atom. The van der Waals surface area contributed by atoms with Gasteiger partial charge in [0.15, 0.2) is 0 Å². The largest absolute Gasteiger partial charge is 0.497 e. The number of halogens is 3. The van der Waals surface area contributed by atoms with Crippen LogP contribution in [0.1, 0.15) is 21.9 Å². The van der Waals surface area contributed by atoms with Crippen LogP contribution in [-0.2, 0) is 15.8 Å². The number of rotatable bonds is 3. The fraction of sp³-hybridized carbons (Fsp3) is 0.227. The summed E-state index contributed by atoms with van der Waals surface area (Å²) < 4.78 is 44.9. The quantitative estimate of drug-likeness (QED) is 0.553. The summed E-state index contributed by atoms with van der Waals surface area (Å²) in [6.07, 6.45) is -4.61. The van der Waals surface area contributed by atoms with Gasteiger partial charge in [-0.3, -0.25) is 14.4 Å². The first-order valence-electron chi connectivity index (χ1n) is 9.77. The van der Waals surface area contributed by atoms with Crippen molar-refractivity contribution in [2.45, 2.75) is 22.4 Å². The Labute approximate surface area is 193 Å². The molecule has 33 heavy (non-hydrogen) atoms. The molecule has 0 aliphatic carbocycles. The van der Waals surface area contributed by atoms with Crippen molar-refractivity contribution in [3.63, 3.8) is 0 Å². The predicted molar refractivity (Wildman–Crippen MR) is 117 cm³/mol. The topological polar surface area (TPSA) is 79.5 Å². The molecule has 0 bridgehead atoms. The highest BCUT2D eigenvalue weighted by atomic mass is 32.2. The molecule has 1 fully saturated rings. The number of anilines is 1. The van der Waals surface area contributed by atoms with E-state index in [9.17, 15) is 27.6 Å². The van der Waals surface area contributed by atoms with Gasteiger partial charge in [-0.25, -0.2) is 4.90 Å². The van der Waals surface area contributed by atoms with Crippen molar-refractivity contribution in [3.8, 4) is 5.75 Å². The van der Waals surface area contributed by atoms with E-state index in [-0.39, 0.29) is 10.6 Å². The zero-order valence-electron chi connectivity index (χ0n) is 16.9. The average molecular weight is 493 g/mol. The molecule has 2 amide bonds. The Hall–Kier alpha value is -3.05. The van der Waals surface area contributed by atoms with Crippen LogP contribution < -0.4 is 14.5 Å². The van der Waals surface area contributed by atoms with Crippen LogP contribution in [-0.4, -0.2) is 29.2 Å². The van der Waals surface area contributed by atoms with Gasteiger partial charge in [-0.1, -0.05) is 41.3 Å². The molecule has 2 aliphatic rings. The van der Waals surface area contributed by atoms with E-state index in [1.165, 1.54) is 19.2 Å². The number of H-pyrrole nitrogens is 1. The van der Waals surface area contributed by atoms with Crippen LogP contribution in [0, 0.1) is 5.92 Å². The zero-order chi connectivity index (χ0) is 23.5. The van der Waals surface area contributed by atoms with Crippen molar-refractivity contribution in [3.05, 3.63) is 74.2 Å². The maximum absolute atomic E-state index is 13.5. The molecule has 3 aromatic rings. The number of carbonyl (C=O) groups is 2.